The van der Waals surface area contributed by atoms with Crippen LogP contribution in [-0.4, -0.2) is 19.1 Å². The molecule has 0 bridgehead atoms. The van der Waals surface area contributed by atoms with Crippen LogP contribution >= 0.6 is 0 Å². The predicted molar refractivity (Wildman–Crippen MR) is 75.7 cm³/mol. The second-order valence-electron chi connectivity index (χ2n) is 6.00. The van der Waals surface area contributed by atoms with Crippen LogP contribution in [0.15, 0.2) is 18.2 Å². The molecule has 1 aromatic carbocycles. The number of halogens is 1. The lowest BCUT2D eigenvalue weighted by atomic mass is 9.97. The van der Waals surface area contributed by atoms with Crippen molar-refractivity contribution < 1.29 is 9.18 Å². The van der Waals surface area contributed by atoms with Gasteiger partial charge in [-0.3, -0.25) is 0 Å². The number of rotatable bonds is 4. The Kier molecular flexibility index (Phi) is 5.33. The van der Waals surface area contributed by atoms with Crippen molar-refractivity contribution in [2.75, 3.05) is 13.1 Å². The number of amides is 2. The molecule has 0 saturated heterocycles. The summed E-state index contributed by atoms with van der Waals surface area (Å²) >= 11 is 0. The molecule has 0 aliphatic heterocycles. The first-order chi connectivity index (χ1) is 8.78. The number of hydrogen-bond acceptors (Lipinski definition) is 1. The van der Waals surface area contributed by atoms with Gasteiger partial charge in [0.05, 0.1) is 0 Å². The highest BCUT2D eigenvalue weighted by atomic mass is 19.1. The van der Waals surface area contributed by atoms with Crippen LogP contribution in [0.4, 0.5) is 9.18 Å². The summed E-state index contributed by atoms with van der Waals surface area (Å²) in [5.74, 6) is -0.195. The molecule has 0 aliphatic rings. The highest BCUT2D eigenvalue weighted by Crippen LogP contribution is 2.10. The quantitative estimate of drug-likeness (QED) is 0.864. The average Bonchev–Trinajstić information content (AvgIpc) is 2.30. The van der Waals surface area contributed by atoms with E-state index in [0.29, 0.717) is 25.1 Å². The zero-order chi connectivity index (χ0) is 14.5. The lowest BCUT2D eigenvalue weighted by molar-refractivity contribution is 0.235. The fraction of sp³-hybridized carbons (Fsp3) is 0.533. The van der Waals surface area contributed by atoms with E-state index in [-0.39, 0.29) is 17.3 Å². The van der Waals surface area contributed by atoms with Crippen LogP contribution in [0.1, 0.15) is 31.9 Å². The smallest absolute Gasteiger partial charge is 0.314 e. The summed E-state index contributed by atoms with van der Waals surface area (Å²) in [4.78, 5) is 11.5. The van der Waals surface area contributed by atoms with E-state index in [1.807, 2.05) is 6.07 Å². The number of carbonyl (C=O) groups is 1. The van der Waals surface area contributed by atoms with E-state index in [4.69, 9.17) is 0 Å². The molecule has 0 atom stereocenters. The monoisotopic (exact) mass is 266 g/mol. The molecule has 0 heterocycles. The number of hydrogen-bond donors (Lipinski definition) is 2. The van der Waals surface area contributed by atoms with Gasteiger partial charge in [-0.05, 0) is 36.0 Å². The molecule has 4 heteroatoms. The van der Waals surface area contributed by atoms with Crippen molar-refractivity contribution in [1.29, 1.82) is 0 Å². The first-order valence-corrected chi connectivity index (χ1v) is 6.55. The lowest BCUT2D eigenvalue weighted by Gasteiger charge is -2.18. The van der Waals surface area contributed by atoms with E-state index in [1.54, 1.807) is 13.0 Å². The fourth-order valence-corrected chi connectivity index (χ4v) is 1.59. The molecule has 2 N–H and O–H groups in total. The molecule has 0 spiro atoms. The Morgan fingerprint density at radius 2 is 1.95 bits per heavy atom. The van der Waals surface area contributed by atoms with Crippen molar-refractivity contribution in [3.63, 3.8) is 0 Å². The van der Waals surface area contributed by atoms with E-state index in [1.165, 1.54) is 6.07 Å². The third-order valence-electron chi connectivity index (χ3n) is 2.70. The van der Waals surface area contributed by atoms with Crippen molar-refractivity contribution in [2.24, 2.45) is 5.41 Å². The minimum atomic E-state index is -0.195. The van der Waals surface area contributed by atoms with Crippen LogP contribution in [-0.2, 0) is 6.42 Å². The maximum absolute atomic E-state index is 13.1. The summed E-state index contributed by atoms with van der Waals surface area (Å²) < 4.78 is 13.1. The van der Waals surface area contributed by atoms with Crippen LogP contribution in [0.25, 0.3) is 0 Å². The topological polar surface area (TPSA) is 41.1 Å². The zero-order valence-electron chi connectivity index (χ0n) is 12.1. The first-order valence-electron chi connectivity index (χ1n) is 6.55. The van der Waals surface area contributed by atoms with Crippen molar-refractivity contribution in [2.45, 2.75) is 34.1 Å². The van der Waals surface area contributed by atoms with Gasteiger partial charge in [0, 0.05) is 13.1 Å². The van der Waals surface area contributed by atoms with Crippen molar-refractivity contribution in [1.82, 2.24) is 10.6 Å². The Labute approximate surface area is 114 Å². The van der Waals surface area contributed by atoms with Crippen LogP contribution in [0, 0.1) is 18.2 Å². The third kappa shape index (κ3) is 6.22. The van der Waals surface area contributed by atoms with Crippen molar-refractivity contribution >= 4 is 6.03 Å². The Morgan fingerprint density at radius 1 is 1.26 bits per heavy atom. The maximum Gasteiger partial charge on any atom is 0.314 e. The van der Waals surface area contributed by atoms with E-state index in [9.17, 15) is 9.18 Å². The fourth-order valence-electron chi connectivity index (χ4n) is 1.59. The molecular formula is C15H23FN2O. The molecule has 0 fully saturated rings. The summed E-state index contributed by atoms with van der Waals surface area (Å²) in [7, 11) is 0. The number of benzene rings is 1. The third-order valence-corrected chi connectivity index (χ3v) is 2.70. The molecule has 0 aromatic heterocycles. The molecule has 1 aromatic rings. The summed E-state index contributed by atoms with van der Waals surface area (Å²) in [5, 5.41) is 5.61. The normalized spacial score (nSPS) is 11.2. The van der Waals surface area contributed by atoms with Crippen LogP contribution in [0.2, 0.25) is 0 Å². The molecule has 0 unspecified atom stereocenters. The highest BCUT2D eigenvalue weighted by molar-refractivity contribution is 5.73. The Hall–Kier alpha value is -1.58. The van der Waals surface area contributed by atoms with Crippen LogP contribution in [0.5, 0.6) is 0 Å². The Balaban J connectivity index is 2.30. The second-order valence-corrected chi connectivity index (χ2v) is 6.00. The average molecular weight is 266 g/mol. The molecule has 0 radical (unpaired) electrons. The minimum absolute atomic E-state index is 0.0748. The summed E-state index contributed by atoms with van der Waals surface area (Å²) in [6.07, 6.45) is 0.698. The standard InChI is InChI=1S/C15H23FN2O/c1-11-9-12(5-6-13(11)16)7-8-17-14(19)18-10-15(2,3)4/h5-6,9H,7-8,10H2,1-4H3,(H2,17,18,19). The van der Waals surface area contributed by atoms with Gasteiger partial charge in [-0.1, -0.05) is 32.9 Å². The first kappa shape index (κ1) is 15.5. The lowest BCUT2D eigenvalue weighted by Crippen LogP contribution is -2.40. The molecule has 0 saturated carbocycles. The van der Waals surface area contributed by atoms with Gasteiger partial charge in [0.2, 0.25) is 0 Å². The SMILES string of the molecule is Cc1cc(CCNC(=O)NCC(C)(C)C)ccc1F. The Bertz CT molecular complexity index is 438. The number of aryl methyl sites for hydroxylation is 1. The molecule has 106 valence electrons. The largest absolute Gasteiger partial charge is 0.338 e. The van der Waals surface area contributed by atoms with Crippen molar-refractivity contribution in [3.8, 4) is 0 Å². The maximum atomic E-state index is 13.1. The predicted octanol–water partition coefficient (Wildman–Crippen LogP) is 3.02. The van der Waals surface area contributed by atoms with Gasteiger partial charge < -0.3 is 10.6 Å². The summed E-state index contributed by atoms with van der Waals surface area (Å²) in [6, 6.07) is 4.86. The highest BCUT2D eigenvalue weighted by Gasteiger charge is 2.11. The van der Waals surface area contributed by atoms with Gasteiger partial charge in [-0.25, -0.2) is 9.18 Å². The summed E-state index contributed by atoms with van der Waals surface area (Å²) in [5.41, 5.74) is 1.73. The molecule has 3 nitrogen and oxygen atoms in total. The van der Waals surface area contributed by atoms with Crippen molar-refractivity contribution in [3.05, 3.63) is 35.1 Å². The van der Waals surface area contributed by atoms with Gasteiger partial charge in [0.15, 0.2) is 0 Å². The summed E-state index contributed by atoms with van der Waals surface area (Å²) in [6.45, 7) is 9.11. The van der Waals surface area contributed by atoms with Gasteiger partial charge in [0.25, 0.3) is 0 Å². The molecule has 2 amide bonds. The van der Waals surface area contributed by atoms with E-state index in [0.717, 1.165) is 5.56 Å². The minimum Gasteiger partial charge on any atom is -0.338 e. The van der Waals surface area contributed by atoms with E-state index < -0.39 is 0 Å². The zero-order valence-corrected chi connectivity index (χ0v) is 12.1. The Morgan fingerprint density at radius 3 is 2.53 bits per heavy atom. The second kappa shape index (κ2) is 6.55. The number of carbonyl (C=O) groups excluding carboxylic acids is 1. The van der Waals surface area contributed by atoms with Crippen LogP contribution < -0.4 is 10.6 Å². The van der Waals surface area contributed by atoms with Gasteiger partial charge in [-0.15, -0.1) is 0 Å². The van der Waals surface area contributed by atoms with E-state index >= 15 is 0 Å². The molecule has 1 rings (SSSR count). The van der Waals surface area contributed by atoms with Gasteiger partial charge >= 0.3 is 6.03 Å². The number of nitrogens with one attached hydrogen (secondary N) is 2. The van der Waals surface area contributed by atoms with E-state index in [2.05, 4.69) is 31.4 Å². The van der Waals surface area contributed by atoms with Gasteiger partial charge in [0.1, 0.15) is 5.82 Å². The van der Waals surface area contributed by atoms with Gasteiger partial charge in [-0.2, -0.15) is 0 Å². The molecular weight excluding hydrogens is 243 g/mol. The number of urea groups is 1. The van der Waals surface area contributed by atoms with Crippen LogP contribution in [0.3, 0.4) is 0 Å². The molecule has 19 heavy (non-hydrogen) atoms. The molecule has 0 aliphatic carbocycles.